The third kappa shape index (κ3) is 4.36. The molecule has 0 aliphatic carbocycles. The Bertz CT molecular complexity index is 975. The Kier molecular flexibility index (Phi) is 5.12. The molecule has 1 aromatic heterocycles. The first-order valence-corrected chi connectivity index (χ1v) is 8.17. The van der Waals surface area contributed by atoms with Crippen LogP contribution >= 0.6 is 0 Å². The molecule has 0 aliphatic heterocycles. The summed E-state index contributed by atoms with van der Waals surface area (Å²) < 4.78 is 5.54. The molecule has 0 spiro atoms. The Morgan fingerprint density at radius 3 is 2.65 bits per heavy atom. The Balaban J connectivity index is 1.64. The molecule has 0 bridgehead atoms. The van der Waals surface area contributed by atoms with Crippen molar-refractivity contribution >= 4 is 11.6 Å². The molecule has 0 radical (unpaired) electrons. The largest absolute Gasteiger partial charge is 0.484 e. The van der Waals surface area contributed by atoms with Crippen LogP contribution in [0.15, 0.2) is 59.4 Å². The number of ether oxygens (including phenoxy) is 1. The standard InChI is InChI=1S/C20H19N3O3/c1-13-6-7-17(10-14(13)2)26-12-20(25)21-16-5-3-4-15(11-16)18-8-9-19(24)23-22-18/h3-11H,12H2,1-2H3,(H,21,25)(H,23,24). The number of hydrogen-bond acceptors (Lipinski definition) is 4. The Hall–Kier alpha value is -3.41. The van der Waals surface area contributed by atoms with E-state index in [2.05, 4.69) is 15.5 Å². The molecule has 6 heteroatoms. The number of carbonyl (C=O) groups excluding carboxylic acids is 1. The second-order valence-electron chi connectivity index (χ2n) is 5.97. The maximum Gasteiger partial charge on any atom is 0.264 e. The average molecular weight is 349 g/mol. The predicted molar refractivity (Wildman–Crippen MR) is 100 cm³/mol. The minimum absolute atomic E-state index is 0.0797. The minimum atomic E-state index is -0.262. The molecule has 6 nitrogen and oxygen atoms in total. The number of hydrogen-bond donors (Lipinski definition) is 2. The van der Waals surface area contributed by atoms with Crippen LogP contribution in [-0.2, 0) is 4.79 Å². The summed E-state index contributed by atoms with van der Waals surface area (Å²) in [6.45, 7) is 3.94. The summed E-state index contributed by atoms with van der Waals surface area (Å²) in [6, 6.07) is 16.0. The van der Waals surface area contributed by atoms with Crippen LogP contribution in [0.1, 0.15) is 11.1 Å². The minimum Gasteiger partial charge on any atom is -0.484 e. The lowest BCUT2D eigenvalue weighted by atomic mass is 10.1. The number of aromatic amines is 1. The van der Waals surface area contributed by atoms with Gasteiger partial charge >= 0.3 is 0 Å². The summed E-state index contributed by atoms with van der Waals surface area (Å²) in [5.41, 5.74) is 4.06. The summed E-state index contributed by atoms with van der Waals surface area (Å²) in [7, 11) is 0. The normalized spacial score (nSPS) is 10.4. The van der Waals surface area contributed by atoms with Crippen LogP contribution in [-0.4, -0.2) is 22.7 Å². The second kappa shape index (κ2) is 7.65. The van der Waals surface area contributed by atoms with Gasteiger partial charge in [-0.2, -0.15) is 5.10 Å². The maximum absolute atomic E-state index is 12.1. The molecule has 3 aromatic rings. The van der Waals surface area contributed by atoms with Gasteiger partial charge in [0.2, 0.25) is 0 Å². The summed E-state index contributed by atoms with van der Waals surface area (Å²) in [5, 5.41) is 9.17. The highest BCUT2D eigenvalue weighted by molar-refractivity contribution is 5.92. The number of anilines is 1. The Morgan fingerprint density at radius 1 is 1.08 bits per heavy atom. The van der Waals surface area contributed by atoms with E-state index in [-0.39, 0.29) is 18.1 Å². The number of benzene rings is 2. The molecule has 1 heterocycles. The molecule has 132 valence electrons. The zero-order chi connectivity index (χ0) is 18.5. The first kappa shape index (κ1) is 17.4. The molecule has 2 aromatic carbocycles. The van der Waals surface area contributed by atoms with Crippen molar-refractivity contribution in [2.24, 2.45) is 0 Å². The number of carbonyl (C=O) groups is 1. The molecule has 0 saturated heterocycles. The molecule has 0 unspecified atom stereocenters. The average Bonchev–Trinajstić information content (AvgIpc) is 2.63. The molecule has 2 N–H and O–H groups in total. The van der Waals surface area contributed by atoms with E-state index in [0.717, 1.165) is 11.1 Å². The van der Waals surface area contributed by atoms with Gasteiger partial charge in [0.15, 0.2) is 6.61 Å². The topological polar surface area (TPSA) is 84.1 Å². The number of aryl methyl sites for hydroxylation is 2. The van der Waals surface area contributed by atoms with E-state index in [1.54, 1.807) is 18.2 Å². The van der Waals surface area contributed by atoms with Gasteiger partial charge in [0, 0.05) is 17.3 Å². The highest BCUT2D eigenvalue weighted by Gasteiger charge is 2.06. The molecule has 26 heavy (non-hydrogen) atoms. The van der Waals surface area contributed by atoms with Gasteiger partial charge in [-0.25, -0.2) is 5.10 Å². The lowest BCUT2D eigenvalue weighted by Crippen LogP contribution is -2.20. The summed E-state index contributed by atoms with van der Waals surface area (Å²) in [5.74, 6) is 0.407. The number of aromatic nitrogens is 2. The smallest absolute Gasteiger partial charge is 0.264 e. The van der Waals surface area contributed by atoms with E-state index in [4.69, 9.17) is 4.74 Å². The van der Waals surface area contributed by atoms with Gasteiger partial charge in [-0.1, -0.05) is 18.2 Å². The van der Waals surface area contributed by atoms with Crippen LogP contribution in [0.25, 0.3) is 11.3 Å². The molecule has 0 fully saturated rings. The molecule has 3 rings (SSSR count). The number of nitrogens with one attached hydrogen (secondary N) is 2. The van der Waals surface area contributed by atoms with Crippen LogP contribution in [0.3, 0.4) is 0 Å². The van der Waals surface area contributed by atoms with E-state index in [0.29, 0.717) is 17.1 Å². The van der Waals surface area contributed by atoms with Crippen molar-refractivity contribution in [1.82, 2.24) is 10.2 Å². The Labute approximate surface area is 150 Å². The zero-order valence-electron chi connectivity index (χ0n) is 14.6. The number of rotatable bonds is 5. The molecular formula is C20H19N3O3. The SMILES string of the molecule is Cc1ccc(OCC(=O)Nc2cccc(-c3ccc(=O)[nH]n3)c2)cc1C. The van der Waals surface area contributed by atoms with Crippen molar-refractivity contribution in [3.63, 3.8) is 0 Å². The molecule has 0 aliphatic rings. The fraction of sp³-hybridized carbons (Fsp3) is 0.150. The second-order valence-corrected chi connectivity index (χ2v) is 5.97. The van der Waals surface area contributed by atoms with E-state index in [9.17, 15) is 9.59 Å². The van der Waals surface area contributed by atoms with Gasteiger partial charge in [-0.3, -0.25) is 9.59 Å². The van der Waals surface area contributed by atoms with Crippen LogP contribution < -0.4 is 15.6 Å². The summed E-state index contributed by atoms with van der Waals surface area (Å²) in [6.07, 6.45) is 0. The number of amides is 1. The van der Waals surface area contributed by atoms with Crippen molar-refractivity contribution in [3.05, 3.63) is 76.1 Å². The lowest BCUT2D eigenvalue weighted by molar-refractivity contribution is -0.118. The van der Waals surface area contributed by atoms with E-state index < -0.39 is 0 Å². The fourth-order valence-corrected chi connectivity index (χ4v) is 2.41. The molecule has 0 saturated carbocycles. The van der Waals surface area contributed by atoms with Crippen molar-refractivity contribution in [2.45, 2.75) is 13.8 Å². The number of nitrogens with zero attached hydrogens (tertiary/aromatic N) is 1. The summed E-state index contributed by atoms with van der Waals surface area (Å²) in [4.78, 5) is 23.2. The van der Waals surface area contributed by atoms with Crippen molar-refractivity contribution in [3.8, 4) is 17.0 Å². The quantitative estimate of drug-likeness (QED) is 0.741. The highest BCUT2D eigenvalue weighted by Crippen LogP contribution is 2.20. The van der Waals surface area contributed by atoms with Crippen molar-refractivity contribution in [2.75, 3.05) is 11.9 Å². The molecular weight excluding hydrogens is 330 g/mol. The van der Waals surface area contributed by atoms with Gasteiger partial charge in [0.05, 0.1) is 5.69 Å². The molecule has 1 amide bonds. The third-order valence-corrected chi connectivity index (χ3v) is 3.97. The van der Waals surface area contributed by atoms with Crippen LogP contribution in [0.2, 0.25) is 0 Å². The highest BCUT2D eigenvalue weighted by atomic mass is 16.5. The maximum atomic E-state index is 12.1. The summed E-state index contributed by atoms with van der Waals surface area (Å²) >= 11 is 0. The van der Waals surface area contributed by atoms with E-state index in [1.165, 1.54) is 11.6 Å². The van der Waals surface area contributed by atoms with E-state index >= 15 is 0 Å². The van der Waals surface area contributed by atoms with Crippen LogP contribution in [0.5, 0.6) is 5.75 Å². The van der Waals surface area contributed by atoms with E-state index in [1.807, 2.05) is 44.2 Å². The monoisotopic (exact) mass is 349 g/mol. The first-order valence-electron chi connectivity index (χ1n) is 8.17. The van der Waals surface area contributed by atoms with Gasteiger partial charge in [0.25, 0.3) is 11.5 Å². The number of H-pyrrole nitrogens is 1. The van der Waals surface area contributed by atoms with Gasteiger partial charge < -0.3 is 10.1 Å². The Morgan fingerprint density at radius 2 is 1.92 bits per heavy atom. The van der Waals surface area contributed by atoms with Gasteiger partial charge in [0.1, 0.15) is 5.75 Å². The first-order chi connectivity index (χ1) is 12.5. The predicted octanol–water partition coefficient (Wildman–Crippen LogP) is 3.07. The third-order valence-electron chi connectivity index (χ3n) is 3.97. The van der Waals surface area contributed by atoms with Crippen LogP contribution in [0.4, 0.5) is 5.69 Å². The zero-order valence-corrected chi connectivity index (χ0v) is 14.6. The van der Waals surface area contributed by atoms with Crippen molar-refractivity contribution < 1.29 is 9.53 Å². The molecule has 0 atom stereocenters. The van der Waals surface area contributed by atoms with Crippen molar-refractivity contribution in [1.29, 1.82) is 0 Å². The lowest BCUT2D eigenvalue weighted by Gasteiger charge is -2.10. The van der Waals surface area contributed by atoms with Gasteiger partial charge in [-0.15, -0.1) is 0 Å². The van der Waals surface area contributed by atoms with Gasteiger partial charge in [-0.05, 0) is 55.3 Å². The fourth-order valence-electron chi connectivity index (χ4n) is 2.41. The van der Waals surface area contributed by atoms with Crippen LogP contribution in [0, 0.1) is 13.8 Å².